The van der Waals surface area contributed by atoms with E-state index in [9.17, 15) is 0 Å². The van der Waals surface area contributed by atoms with Crippen molar-refractivity contribution in [2.45, 2.75) is 25.7 Å². The van der Waals surface area contributed by atoms with Gasteiger partial charge in [0.1, 0.15) is 17.3 Å². The number of hydrogen-bond acceptors (Lipinski definition) is 4. The fourth-order valence-corrected chi connectivity index (χ4v) is 3.20. The van der Waals surface area contributed by atoms with E-state index < -0.39 is 0 Å². The van der Waals surface area contributed by atoms with Gasteiger partial charge in [-0.2, -0.15) is 5.10 Å². The van der Waals surface area contributed by atoms with Gasteiger partial charge >= 0.3 is 0 Å². The molecule has 1 aromatic heterocycles. The summed E-state index contributed by atoms with van der Waals surface area (Å²) in [5, 5.41) is 4.55. The Labute approximate surface area is 123 Å². The van der Waals surface area contributed by atoms with Crippen LogP contribution in [0, 0.1) is 0 Å². The number of fused-ring (bicyclic) bond motifs is 2. The summed E-state index contributed by atoms with van der Waals surface area (Å²) in [6.07, 6.45) is 4.11. The molecule has 0 bridgehead atoms. The van der Waals surface area contributed by atoms with Crippen LogP contribution in [-0.2, 0) is 19.9 Å². The van der Waals surface area contributed by atoms with Crippen molar-refractivity contribution in [1.82, 2.24) is 9.78 Å². The molecule has 0 aliphatic carbocycles. The minimum atomic E-state index is 0.656. The first-order chi connectivity index (χ1) is 10.2. The maximum Gasteiger partial charge on any atom is 0.132 e. The molecule has 5 nitrogen and oxygen atoms in total. The molecule has 3 heterocycles. The fourth-order valence-electron chi connectivity index (χ4n) is 3.20. The molecule has 0 amide bonds. The van der Waals surface area contributed by atoms with Crippen molar-refractivity contribution >= 4 is 5.82 Å². The predicted molar refractivity (Wildman–Crippen MR) is 80.7 cm³/mol. The maximum absolute atomic E-state index is 5.98. The maximum atomic E-state index is 5.98. The van der Waals surface area contributed by atoms with Crippen LogP contribution >= 0.6 is 0 Å². The van der Waals surface area contributed by atoms with Crippen LogP contribution in [0.25, 0.3) is 11.3 Å². The second-order valence-electron chi connectivity index (χ2n) is 5.70. The minimum absolute atomic E-state index is 0.656. The van der Waals surface area contributed by atoms with Gasteiger partial charge in [-0.05, 0) is 37.3 Å². The lowest BCUT2D eigenvalue weighted by Crippen LogP contribution is -2.15. The van der Waals surface area contributed by atoms with Gasteiger partial charge in [-0.25, -0.2) is 0 Å². The number of anilines is 1. The molecule has 0 saturated heterocycles. The van der Waals surface area contributed by atoms with E-state index in [1.165, 1.54) is 11.1 Å². The molecule has 0 radical (unpaired) electrons. The van der Waals surface area contributed by atoms with Crippen molar-refractivity contribution in [3.8, 4) is 22.8 Å². The molecule has 2 aliphatic rings. The molecule has 0 fully saturated rings. The van der Waals surface area contributed by atoms with Crippen LogP contribution in [0.15, 0.2) is 12.1 Å². The first-order valence-electron chi connectivity index (χ1n) is 7.48. The standard InChI is InChI=1S/C16H19N3O2/c1-19-14(17)9-12(18-19)15-11-5-3-6-20-13(11)8-10-4-2-7-21-16(10)15/h8-9H,2-7,17H2,1H3. The van der Waals surface area contributed by atoms with Crippen molar-refractivity contribution in [3.63, 3.8) is 0 Å². The summed E-state index contributed by atoms with van der Waals surface area (Å²) in [4.78, 5) is 0. The highest BCUT2D eigenvalue weighted by atomic mass is 16.5. The summed E-state index contributed by atoms with van der Waals surface area (Å²) < 4.78 is 13.5. The van der Waals surface area contributed by atoms with Crippen LogP contribution in [-0.4, -0.2) is 23.0 Å². The molecule has 0 atom stereocenters. The topological polar surface area (TPSA) is 62.3 Å². The molecular formula is C16H19N3O2. The second-order valence-corrected chi connectivity index (χ2v) is 5.70. The zero-order valence-corrected chi connectivity index (χ0v) is 12.2. The third-order valence-electron chi connectivity index (χ3n) is 4.26. The lowest BCUT2D eigenvalue weighted by atomic mass is 9.91. The number of aromatic nitrogens is 2. The Bertz CT molecular complexity index is 652. The summed E-state index contributed by atoms with van der Waals surface area (Å²) in [7, 11) is 1.86. The van der Waals surface area contributed by atoms with Crippen LogP contribution in [0.2, 0.25) is 0 Å². The Kier molecular flexibility index (Phi) is 2.80. The largest absolute Gasteiger partial charge is 0.493 e. The van der Waals surface area contributed by atoms with Crippen molar-refractivity contribution in [1.29, 1.82) is 0 Å². The minimum Gasteiger partial charge on any atom is -0.493 e. The van der Waals surface area contributed by atoms with E-state index in [0.29, 0.717) is 5.82 Å². The number of hydrogen-bond donors (Lipinski definition) is 1. The highest BCUT2D eigenvalue weighted by molar-refractivity contribution is 5.78. The first-order valence-corrected chi connectivity index (χ1v) is 7.48. The zero-order chi connectivity index (χ0) is 14.4. The number of rotatable bonds is 1. The fraction of sp³-hybridized carbons (Fsp3) is 0.438. The molecule has 4 rings (SSSR count). The van der Waals surface area contributed by atoms with Gasteiger partial charge in [0.25, 0.3) is 0 Å². The van der Waals surface area contributed by atoms with Crippen LogP contribution in [0.5, 0.6) is 11.5 Å². The van der Waals surface area contributed by atoms with Gasteiger partial charge in [-0.1, -0.05) is 0 Å². The first kappa shape index (κ1) is 12.6. The van der Waals surface area contributed by atoms with E-state index in [2.05, 4.69) is 11.2 Å². The van der Waals surface area contributed by atoms with Gasteiger partial charge < -0.3 is 15.2 Å². The molecule has 2 N–H and O–H groups in total. The lowest BCUT2D eigenvalue weighted by molar-refractivity contribution is 0.274. The van der Waals surface area contributed by atoms with Crippen molar-refractivity contribution in [2.24, 2.45) is 7.05 Å². The van der Waals surface area contributed by atoms with Gasteiger partial charge in [-0.3, -0.25) is 4.68 Å². The molecule has 21 heavy (non-hydrogen) atoms. The molecule has 5 heteroatoms. The third-order valence-corrected chi connectivity index (χ3v) is 4.26. The van der Waals surface area contributed by atoms with Gasteiger partial charge in [0.15, 0.2) is 0 Å². The van der Waals surface area contributed by atoms with Crippen LogP contribution in [0.3, 0.4) is 0 Å². The van der Waals surface area contributed by atoms with Gasteiger partial charge in [0.05, 0.1) is 24.5 Å². The van der Waals surface area contributed by atoms with E-state index in [0.717, 1.165) is 61.7 Å². The smallest absolute Gasteiger partial charge is 0.132 e. The summed E-state index contributed by atoms with van der Waals surface area (Å²) in [6, 6.07) is 4.07. The quantitative estimate of drug-likeness (QED) is 0.873. The second kappa shape index (κ2) is 4.69. The van der Waals surface area contributed by atoms with Crippen LogP contribution in [0.4, 0.5) is 5.82 Å². The summed E-state index contributed by atoms with van der Waals surface area (Å²) in [5.41, 5.74) is 10.4. The number of aryl methyl sites for hydroxylation is 2. The van der Waals surface area contributed by atoms with E-state index in [4.69, 9.17) is 15.2 Å². The summed E-state index contributed by atoms with van der Waals surface area (Å²) in [5.74, 6) is 2.62. The van der Waals surface area contributed by atoms with Gasteiger partial charge in [-0.15, -0.1) is 0 Å². The molecule has 2 aromatic rings. The molecule has 2 aliphatic heterocycles. The van der Waals surface area contributed by atoms with E-state index in [-0.39, 0.29) is 0 Å². The molecule has 0 saturated carbocycles. The van der Waals surface area contributed by atoms with E-state index in [1.54, 1.807) is 4.68 Å². The number of benzene rings is 1. The number of ether oxygens (including phenoxy) is 2. The molecular weight excluding hydrogens is 266 g/mol. The highest BCUT2D eigenvalue weighted by Crippen LogP contribution is 2.45. The van der Waals surface area contributed by atoms with Gasteiger partial charge in [0, 0.05) is 18.7 Å². The Morgan fingerprint density at radius 2 is 1.95 bits per heavy atom. The van der Waals surface area contributed by atoms with Crippen molar-refractivity contribution in [2.75, 3.05) is 18.9 Å². The SMILES string of the molecule is Cn1nc(-c2c3c(cc4c2OCCC4)OCCC3)cc1N. The molecule has 110 valence electrons. The van der Waals surface area contributed by atoms with Crippen LogP contribution in [0.1, 0.15) is 24.0 Å². The molecule has 0 unspecified atom stereocenters. The van der Waals surface area contributed by atoms with Crippen molar-refractivity contribution < 1.29 is 9.47 Å². The Morgan fingerprint density at radius 3 is 2.76 bits per heavy atom. The lowest BCUT2D eigenvalue weighted by Gasteiger charge is -2.26. The Morgan fingerprint density at radius 1 is 1.14 bits per heavy atom. The Balaban J connectivity index is 1.98. The number of nitrogen functional groups attached to an aromatic ring is 1. The number of nitrogens with two attached hydrogens (primary N) is 1. The monoisotopic (exact) mass is 285 g/mol. The average Bonchev–Trinajstić information content (AvgIpc) is 2.83. The predicted octanol–water partition coefficient (Wildman–Crippen LogP) is 2.32. The Hall–Kier alpha value is -2.17. The summed E-state index contributed by atoms with van der Waals surface area (Å²) in [6.45, 7) is 1.55. The van der Waals surface area contributed by atoms with E-state index >= 15 is 0 Å². The number of nitrogens with zero attached hydrogens (tertiary/aromatic N) is 2. The summed E-state index contributed by atoms with van der Waals surface area (Å²) >= 11 is 0. The average molecular weight is 285 g/mol. The normalized spacial score (nSPS) is 16.6. The molecule has 1 aromatic carbocycles. The zero-order valence-electron chi connectivity index (χ0n) is 12.2. The molecule has 0 spiro atoms. The van der Waals surface area contributed by atoms with Gasteiger partial charge in [0.2, 0.25) is 0 Å². The van der Waals surface area contributed by atoms with Crippen molar-refractivity contribution in [3.05, 3.63) is 23.3 Å². The van der Waals surface area contributed by atoms with E-state index in [1.807, 2.05) is 13.1 Å². The highest BCUT2D eigenvalue weighted by Gasteiger charge is 2.26. The van der Waals surface area contributed by atoms with Crippen LogP contribution < -0.4 is 15.2 Å². The third kappa shape index (κ3) is 1.95.